The summed E-state index contributed by atoms with van der Waals surface area (Å²) in [5, 5.41) is 11.2. The minimum absolute atomic E-state index is 0. The lowest BCUT2D eigenvalue weighted by Crippen LogP contribution is -2.29. The molecule has 0 radical (unpaired) electrons. The first-order valence-corrected chi connectivity index (χ1v) is 4.18. The van der Waals surface area contributed by atoms with Crippen LogP contribution in [0.4, 0.5) is 0 Å². The summed E-state index contributed by atoms with van der Waals surface area (Å²) in [7, 11) is 0. The van der Waals surface area contributed by atoms with Crippen molar-refractivity contribution >= 4 is 5.97 Å². The van der Waals surface area contributed by atoms with Crippen LogP contribution in [0.5, 0.6) is 0 Å². The molecule has 0 spiro atoms. The van der Waals surface area contributed by atoms with Gasteiger partial charge in [0.1, 0.15) is 6.04 Å². The summed E-state index contributed by atoms with van der Waals surface area (Å²) in [6.45, 7) is 5.11. The van der Waals surface area contributed by atoms with Crippen LogP contribution in [0.3, 0.4) is 0 Å². The van der Waals surface area contributed by atoms with Gasteiger partial charge in [0.25, 0.3) is 0 Å². The fraction of sp³-hybridized carbons (Fsp3) is 0.875. The topological polar surface area (TPSA) is 49.3 Å². The second-order valence-corrected chi connectivity index (χ2v) is 2.69. The lowest BCUT2D eigenvalue weighted by Gasteiger charge is -1.99. The molecule has 11 heavy (non-hydrogen) atoms. The predicted molar refractivity (Wildman–Crippen MR) is 46.7 cm³/mol. The largest absolute Gasteiger partial charge is 0.480 e. The quantitative estimate of drug-likeness (QED) is 0.612. The van der Waals surface area contributed by atoms with Crippen molar-refractivity contribution in [3.63, 3.8) is 0 Å². The SMILES string of the molecule is CCC.O=C(O)C1CCCN1.[HH]. The molecule has 1 atom stereocenters. The maximum atomic E-state index is 10.1. The zero-order chi connectivity index (χ0) is 8.69. The Morgan fingerprint density at radius 1 is 1.73 bits per heavy atom. The summed E-state index contributed by atoms with van der Waals surface area (Å²) in [6.07, 6.45) is 3.03. The van der Waals surface area contributed by atoms with Crippen LogP contribution in [0.2, 0.25) is 0 Å². The molecule has 0 saturated carbocycles. The van der Waals surface area contributed by atoms with E-state index in [0.29, 0.717) is 0 Å². The van der Waals surface area contributed by atoms with E-state index in [4.69, 9.17) is 5.11 Å². The van der Waals surface area contributed by atoms with Crippen LogP contribution >= 0.6 is 0 Å². The minimum atomic E-state index is -0.720. The van der Waals surface area contributed by atoms with Crippen molar-refractivity contribution in [2.45, 2.75) is 39.2 Å². The molecule has 0 aliphatic carbocycles. The van der Waals surface area contributed by atoms with E-state index in [2.05, 4.69) is 19.2 Å². The third-order valence-corrected chi connectivity index (χ3v) is 1.36. The number of rotatable bonds is 1. The van der Waals surface area contributed by atoms with Crippen molar-refractivity contribution in [1.29, 1.82) is 0 Å². The van der Waals surface area contributed by atoms with Gasteiger partial charge in [-0.05, 0) is 19.4 Å². The summed E-state index contributed by atoms with van der Waals surface area (Å²) in [5.74, 6) is -0.720. The van der Waals surface area contributed by atoms with Gasteiger partial charge in [-0.15, -0.1) is 0 Å². The molecule has 0 aromatic carbocycles. The highest BCUT2D eigenvalue weighted by Gasteiger charge is 2.20. The molecule has 1 saturated heterocycles. The zero-order valence-electron chi connectivity index (χ0n) is 7.26. The molecular weight excluding hydrogens is 142 g/mol. The molecule has 0 aromatic heterocycles. The monoisotopic (exact) mass is 161 g/mol. The molecule has 3 heteroatoms. The Bertz CT molecular complexity index is 114. The summed E-state index contributed by atoms with van der Waals surface area (Å²) in [5.41, 5.74) is 0. The number of hydrogen-bond acceptors (Lipinski definition) is 2. The van der Waals surface area contributed by atoms with Crippen LogP contribution in [0, 0.1) is 0 Å². The highest BCUT2D eigenvalue weighted by Crippen LogP contribution is 2.03. The van der Waals surface area contributed by atoms with E-state index in [1.807, 2.05) is 0 Å². The number of carboxylic acids is 1. The van der Waals surface area contributed by atoms with Gasteiger partial charge in [0.15, 0.2) is 0 Å². The van der Waals surface area contributed by atoms with Crippen LogP contribution < -0.4 is 5.32 Å². The summed E-state index contributed by atoms with van der Waals surface area (Å²) in [6, 6.07) is -0.269. The van der Waals surface area contributed by atoms with E-state index in [1.54, 1.807) is 0 Å². The average molecular weight is 161 g/mol. The van der Waals surface area contributed by atoms with Gasteiger partial charge < -0.3 is 10.4 Å². The zero-order valence-corrected chi connectivity index (χ0v) is 7.26. The number of hydrogen-bond donors (Lipinski definition) is 2. The number of carboxylic acid groups (broad SMARTS) is 1. The van der Waals surface area contributed by atoms with Crippen LogP contribution in [-0.2, 0) is 4.79 Å². The van der Waals surface area contributed by atoms with Crippen molar-refractivity contribution in [1.82, 2.24) is 5.32 Å². The first-order valence-electron chi connectivity index (χ1n) is 4.18. The molecule has 0 aromatic rings. The fourth-order valence-corrected chi connectivity index (χ4v) is 0.895. The van der Waals surface area contributed by atoms with Gasteiger partial charge in [0, 0.05) is 1.43 Å². The molecule has 1 unspecified atom stereocenters. The Kier molecular flexibility index (Phi) is 5.84. The van der Waals surface area contributed by atoms with Crippen LogP contribution in [0.1, 0.15) is 34.5 Å². The molecule has 68 valence electrons. The van der Waals surface area contributed by atoms with Crippen molar-refractivity contribution in [3.8, 4) is 0 Å². The summed E-state index contributed by atoms with van der Waals surface area (Å²) < 4.78 is 0. The van der Waals surface area contributed by atoms with Gasteiger partial charge in [-0.2, -0.15) is 0 Å². The lowest BCUT2D eigenvalue weighted by molar-refractivity contribution is -0.139. The van der Waals surface area contributed by atoms with Crippen molar-refractivity contribution in [3.05, 3.63) is 0 Å². The fourth-order valence-electron chi connectivity index (χ4n) is 0.895. The molecule has 1 aliphatic heterocycles. The Morgan fingerprint density at radius 2 is 2.27 bits per heavy atom. The summed E-state index contributed by atoms with van der Waals surface area (Å²) >= 11 is 0. The smallest absolute Gasteiger partial charge is 0.320 e. The lowest BCUT2D eigenvalue weighted by atomic mass is 10.2. The Balaban J connectivity index is 0. The molecular formula is C8H19NO2. The van der Waals surface area contributed by atoms with Crippen molar-refractivity contribution in [2.75, 3.05) is 6.54 Å². The second-order valence-electron chi connectivity index (χ2n) is 2.69. The number of carbonyl (C=O) groups is 1. The van der Waals surface area contributed by atoms with E-state index >= 15 is 0 Å². The Hall–Kier alpha value is -0.570. The van der Waals surface area contributed by atoms with E-state index in [1.165, 1.54) is 6.42 Å². The molecule has 3 nitrogen and oxygen atoms in total. The standard InChI is InChI=1S/C5H9NO2.C3H8.H2/c7-5(8)4-2-1-3-6-4;1-3-2;/h4,6H,1-3H2,(H,7,8);3H2,1-2H3;1H. The highest BCUT2D eigenvalue weighted by atomic mass is 16.4. The van der Waals surface area contributed by atoms with Gasteiger partial charge in [0.2, 0.25) is 0 Å². The van der Waals surface area contributed by atoms with Crippen molar-refractivity contribution < 1.29 is 11.3 Å². The first kappa shape index (κ1) is 10.4. The highest BCUT2D eigenvalue weighted by molar-refractivity contribution is 5.73. The van der Waals surface area contributed by atoms with Crippen LogP contribution in [0.25, 0.3) is 0 Å². The molecule has 1 rings (SSSR count). The van der Waals surface area contributed by atoms with Gasteiger partial charge in [-0.3, -0.25) is 4.79 Å². The molecule has 1 fully saturated rings. The van der Waals surface area contributed by atoms with Gasteiger partial charge in [-0.1, -0.05) is 20.3 Å². The maximum Gasteiger partial charge on any atom is 0.320 e. The second kappa shape index (κ2) is 6.16. The Morgan fingerprint density at radius 3 is 2.45 bits per heavy atom. The minimum Gasteiger partial charge on any atom is -0.480 e. The summed E-state index contributed by atoms with van der Waals surface area (Å²) in [4.78, 5) is 10.1. The maximum absolute atomic E-state index is 10.1. The van der Waals surface area contributed by atoms with Gasteiger partial charge in [0.05, 0.1) is 0 Å². The van der Waals surface area contributed by atoms with Crippen LogP contribution in [0.15, 0.2) is 0 Å². The van der Waals surface area contributed by atoms with E-state index in [9.17, 15) is 4.79 Å². The molecule has 0 bridgehead atoms. The Labute approximate surface area is 69.3 Å². The third-order valence-electron chi connectivity index (χ3n) is 1.36. The number of nitrogens with one attached hydrogen (secondary N) is 1. The first-order chi connectivity index (χ1) is 5.22. The average Bonchev–Trinajstić information content (AvgIpc) is 2.38. The van der Waals surface area contributed by atoms with E-state index in [0.717, 1.165) is 19.4 Å². The normalized spacial score (nSPS) is 22.2. The molecule has 2 N–H and O–H groups in total. The predicted octanol–water partition coefficient (Wildman–Crippen LogP) is 1.49. The number of aliphatic carboxylic acids is 1. The molecule has 1 heterocycles. The van der Waals surface area contributed by atoms with E-state index < -0.39 is 5.97 Å². The van der Waals surface area contributed by atoms with Gasteiger partial charge >= 0.3 is 5.97 Å². The van der Waals surface area contributed by atoms with E-state index in [-0.39, 0.29) is 7.47 Å². The van der Waals surface area contributed by atoms with Crippen molar-refractivity contribution in [2.24, 2.45) is 0 Å². The molecule has 1 aliphatic rings. The third kappa shape index (κ3) is 4.79. The van der Waals surface area contributed by atoms with Crippen LogP contribution in [-0.4, -0.2) is 23.7 Å². The van der Waals surface area contributed by atoms with Gasteiger partial charge in [-0.25, -0.2) is 0 Å². The molecule has 0 amide bonds.